The molecule has 0 radical (unpaired) electrons. The summed E-state index contributed by atoms with van der Waals surface area (Å²) in [4.78, 5) is 12.0. The Labute approximate surface area is 114 Å². The van der Waals surface area contributed by atoms with Gasteiger partial charge in [-0.3, -0.25) is 4.79 Å². The Morgan fingerprint density at radius 1 is 1.21 bits per heavy atom. The molecule has 3 atom stereocenters. The van der Waals surface area contributed by atoms with E-state index in [0.717, 1.165) is 5.56 Å². The molecule has 0 saturated heterocycles. The Hall–Kier alpha value is -1.35. The molecule has 1 saturated carbocycles. The van der Waals surface area contributed by atoms with Crippen LogP contribution in [0, 0.1) is 5.92 Å². The fraction of sp³-hybridized carbons (Fsp3) is 0.562. The van der Waals surface area contributed by atoms with Crippen LogP contribution in [-0.2, 0) is 14.3 Å². The van der Waals surface area contributed by atoms with Gasteiger partial charge in [-0.15, -0.1) is 0 Å². The first kappa shape index (κ1) is 14.1. The van der Waals surface area contributed by atoms with Gasteiger partial charge < -0.3 is 9.47 Å². The second-order valence-corrected chi connectivity index (χ2v) is 5.91. The molecule has 0 unspecified atom stereocenters. The number of hydrogen-bond donors (Lipinski definition) is 0. The summed E-state index contributed by atoms with van der Waals surface area (Å²) in [7, 11) is 0. The standard InChI is InChI=1S/C16H22O3/c1-5-18-15(17)13-12(11-9-7-6-8-10-11)14(13)19-16(2,3)4/h6-10,12-14H,5H2,1-4H3/t12-,13-,14-/m1/s1. The van der Waals surface area contributed by atoms with E-state index in [1.165, 1.54) is 0 Å². The molecule has 3 heteroatoms. The van der Waals surface area contributed by atoms with E-state index >= 15 is 0 Å². The van der Waals surface area contributed by atoms with E-state index in [1.54, 1.807) is 0 Å². The molecule has 1 fully saturated rings. The topological polar surface area (TPSA) is 35.5 Å². The first-order valence-corrected chi connectivity index (χ1v) is 6.83. The maximum atomic E-state index is 12.0. The van der Waals surface area contributed by atoms with Crippen LogP contribution in [-0.4, -0.2) is 24.3 Å². The van der Waals surface area contributed by atoms with E-state index in [9.17, 15) is 4.79 Å². The lowest BCUT2D eigenvalue weighted by molar-refractivity contribution is -0.146. The number of ether oxygens (including phenoxy) is 2. The minimum Gasteiger partial charge on any atom is -0.466 e. The molecule has 1 aromatic rings. The smallest absolute Gasteiger partial charge is 0.312 e. The Morgan fingerprint density at radius 2 is 1.84 bits per heavy atom. The Balaban J connectivity index is 2.14. The summed E-state index contributed by atoms with van der Waals surface area (Å²) in [5.74, 6) is -0.188. The summed E-state index contributed by atoms with van der Waals surface area (Å²) in [5, 5.41) is 0. The van der Waals surface area contributed by atoms with Gasteiger partial charge in [0, 0.05) is 5.92 Å². The monoisotopic (exact) mass is 262 g/mol. The molecule has 0 bridgehead atoms. The Morgan fingerprint density at radius 3 is 2.37 bits per heavy atom. The zero-order valence-electron chi connectivity index (χ0n) is 12.1. The van der Waals surface area contributed by atoms with Crippen molar-refractivity contribution in [3.63, 3.8) is 0 Å². The van der Waals surface area contributed by atoms with Crippen molar-refractivity contribution in [2.24, 2.45) is 5.92 Å². The number of carbonyl (C=O) groups excluding carboxylic acids is 1. The molecule has 0 amide bonds. The van der Waals surface area contributed by atoms with Gasteiger partial charge in [0.15, 0.2) is 0 Å². The second kappa shape index (κ2) is 5.33. The minimum absolute atomic E-state index is 0.0681. The van der Waals surface area contributed by atoms with Crippen LogP contribution in [0.5, 0.6) is 0 Å². The van der Waals surface area contributed by atoms with Gasteiger partial charge in [-0.1, -0.05) is 30.3 Å². The zero-order chi connectivity index (χ0) is 14.0. The summed E-state index contributed by atoms with van der Waals surface area (Å²) in [6, 6.07) is 10.0. The SMILES string of the molecule is CCOC(=O)[C@H]1[C@H](OC(C)(C)C)[C@@H]1c1ccccc1. The van der Waals surface area contributed by atoms with Crippen LogP contribution in [0.4, 0.5) is 0 Å². The third kappa shape index (κ3) is 3.35. The van der Waals surface area contributed by atoms with Crippen LogP contribution in [0.3, 0.4) is 0 Å². The molecule has 19 heavy (non-hydrogen) atoms. The molecular weight excluding hydrogens is 240 g/mol. The van der Waals surface area contributed by atoms with Crippen LogP contribution in [0.25, 0.3) is 0 Å². The number of rotatable bonds is 4. The molecular formula is C16H22O3. The van der Waals surface area contributed by atoms with Gasteiger partial charge in [0.2, 0.25) is 0 Å². The lowest BCUT2D eigenvalue weighted by Gasteiger charge is -2.19. The quantitative estimate of drug-likeness (QED) is 0.782. The van der Waals surface area contributed by atoms with Gasteiger partial charge in [-0.05, 0) is 33.3 Å². The summed E-state index contributed by atoms with van der Waals surface area (Å²) < 4.78 is 11.1. The molecule has 0 heterocycles. The molecule has 1 aliphatic rings. The number of hydrogen-bond acceptors (Lipinski definition) is 3. The van der Waals surface area contributed by atoms with Crippen molar-refractivity contribution in [2.45, 2.75) is 45.3 Å². The van der Waals surface area contributed by atoms with Gasteiger partial charge >= 0.3 is 5.97 Å². The van der Waals surface area contributed by atoms with Crippen LogP contribution < -0.4 is 0 Å². The van der Waals surface area contributed by atoms with E-state index in [-0.39, 0.29) is 29.5 Å². The molecule has 0 aliphatic heterocycles. The third-order valence-corrected chi connectivity index (χ3v) is 3.19. The molecule has 0 aromatic heterocycles. The largest absolute Gasteiger partial charge is 0.466 e. The van der Waals surface area contributed by atoms with E-state index in [0.29, 0.717) is 6.61 Å². The van der Waals surface area contributed by atoms with E-state index in [4.69, 9.17) is 9.47 Å². The molecule has 2 rings (SSSR count). The van der Waals surface area contributed by atoms with Crippen molar-refractivity contribution in [1.82, 2.24) is 0 Å². The highest BCUT2D eigenvalue weighted by Crippen LogP contribution is 2.52. The Bertz CT molecular complexity index is 433. The molecule has 1 aromatic carbocycles. The predicted octanol–water partition coefficient (Wildman–Crippen LogP) is 3.15. The van der Waals surface area contributed by atoms with Gasteiger partial charge in [0.1, 0.15) is 0 Å². The van der Waals surface area contributed by atoms with Gasteiger partial charge in [-0.25, -0.2) is 0 Å². The lowest BCUT2D eigenvalue weighted by Crippen LogP contribution is -2.23. The maximum Gasteiger partial charge on any atom is 0.312 e. The average Bonchev–Trinajstić information content (AvgIpc) is 3.02. The lowest BCUT2D eigenvalue weighted by atomic mass is 10.1. The highest BCUT2D eigenvalue weighted by molar-refractivity contribution is 5.79. The summed E-state index contributed by atoms with van der Waals surface area (Å²) >= 11 is 0. The average molecular weight is 262 g/mol. The highest BCUT2D eigenvalue weighted by atomic mass is 16.5. The van der Waals surface area contributed by atoms with Crippen molar-refractivity contribution in [2.75, 3.05) is 6.61 Å². The number of carbonyl (C=O) groups is 1. The van der Waals surface area contributed by atoms with Crippen LogP contribution in [0.2, 0.25) is 0 Å². The number of benzene rings is 1. The first-order chi connectivity index (χ1) is 8.94. The summed E-state index contributed by atoms with van der Waals surface area (Å²) in [5.41, 5.74) is 0.897. The van der Waals surface area contributed by atoms with Gasteiger partial charge in [-0.2, -0.15) is 0 Å². The maximum absolute atomic E-state index is 12.0. The highest BCUT2D eigenvalue weighted by Gasteiger charge is 2.58. The normalized spacial score (nSPS) is 26.0. The zero-order valence-corrected chi connectivity index (χ0v) is 12.1. The first-order valence-electron chi connectivity index (χ1n) is 6.83. The number of esters is 1. The second-order valence-electron chi connectivity index (χ2n) is 5.91. The molecule has 0 N–H and O–H groups in total. The van der Waals surface area contributed by atoms with Gasteiger partial charge in [0.25, 0.3) is 0 Å². The fourth-order valence-electron chi connectivity index (χ4n) is 2.43. The van der Waals surface area contributed by atoms with Crippen molar-refractivity contribution >= 4 is 5.97 Å². The summed E-state index contributed by atoms with van der Waals surface area (Å²) in [6.45, 7) is 8.28. The van der Waals surface area contributed by atoms with E-state index < -0.39 is 0 Å². The third-order valence-electron chi connectivity index (χ3n) is 3.19. The molecule has 3 nitrogen and oxygen atoms in total. The predicted molar refractivity (Wildman–Crippen MR) is 73.9 cm³/mol. The van der Waals surface area contributed by atoms with Crippen LogP contribution >= 0.6 is 0 Å². The van der Waals surface area contributed by atoms with Crippen LogP contribution in [0.15, 0.2) is 30.3 Å². The van der Waals surface area contributed by atoms with Crippen LogP contribution in [0.1, 0.15) is 39.2 Å². The molecule has 104 valence electrons. The van der Waals surface area contributed by atoms with Crippen molar-refractivity contribution in [1.29, 1.82) is 0 Å². The Kier molecular flexibility index (Phi) is 3.95. The van der Waals surface area contributed by atoms with E-state index in [2.05, 4.69) is 0 Å². The van der Waals surface area contributed by atoms with E-state index in [1.807, 2.05) is 58.0 Å². The van der Waals surface area contributed by atoms with Crippen molar-refractivity contribution < 1.29 is 14.3 Å². The molecule has 0 spiro atoms. The van der Waals surface area contributed by atoms with Gasteiger partial charge in [0.05, 0.1) is 24.2 Å². The summed E-state index contributed by atoms with van der Waals surface area (Å²) in [6.07, 6.45) is -0.0681. The van der Waals surface area contributed by atoms with Crippen molar-refractivity contribution in [3.8, 4) is 0 Å². The minimum atomic E-state index is -0.251. The van der Waals surface area contributed by atoms with Crippen molar-refractivity contribution in [3.05, 3.63) is 35.9 Å². The molecule has 1 aliphatic carbocycles. The fourth-order valence-corrected chi connectivity index (χ4v) is 2.43.